The molecular formula is C13H22N4O2. The molecule has 0 saturated carbocycles. The number of nitrogens with two attached hydrogens (primary N) is 1. The van der Waals surface area contributed by atoms with E-state index in [-0.39, 0.29) is 6.54 Å². The summed E-state index contributed by atoms with van der Waals surface area (Å²) in [6.45, 7) is 5.92. The highest BCUT2D eigenvalue weighted by atomic mass is 16.3. The molecule has 106 valence electrons. The van der Waals surface area contributed by atoms with E-state index in [1.165, 1.54) is 0 Å². The lowest BCUT2D eigenvalue weighted by Crippen LogP contribution is -2.55. The molecule has 1 saturated heterocycles. The molecule has 0 bridgehead atoms. The van der Waals surface area contributed by atoms with Crippen molar-refractivity contribution in [2.75, 3.05) is 13.1 Å². The second kappa shape index (κ2) is 5.30. The number of nitrogens with zero attached hydrogens (tertiary/aromatic N) is 3. The zero-order valence-corrected chi connectivity index (χ0v) is 11.5. The van der Waals surface area contributed by atoms with Crippen LogP contribution in [0.25, 0.3) is 0 Å². The van der Waals surface area contributed by atoms with Crippen molar-refractivity contribution < 1.29 is 9.90 Å². The standard InChI is InChI=1S/C13H22N4O2/c1-10(2)17-7-4-11(15-17)8-16-6-3-5-13(19,9-16)12(14)18/h4,7,10,19H,3,5-6,8-9H2,1-2H3,(H2,14,18). The highest BCUT2D eigenvalue weighted by Gasteiger charge is 2.38. The predicted octanol–water partition coefficient (Wildman–Crippen LogP) is 0.276. The van der Waals surface area contributed by atoms with Gasteiger partial charge in [0, 0.05) is 25.3 Å². The van der Waals surface area contributed by atoms with Gasteiger partial charge < -0.3 is 10.8 Å². The molecule has 1 aromatic rings. The van der Waals surface area contributed by atoms with Crippen LogP contribution in [-0.4, -0.2) is 44.4 Å². The van der Waals surface area contributed by atoms with E-state index in [1.54, 1.807) is 0 Å². The third kappa shape index (κ3) is 3.13. The molecule has 0 spiro atoms. The Hall–Kier alpha value is -1.40. The number of piperidine rings is 1. The topological polar surface area (TPSA) is 84.4 Å². The molecule has 2 rings (SSSR count). The van der Waals surface area contributed by atoms with Crippen LogP contribution in [0.15, 0.2) is 12.3 Å². The maximum absolute atomic E-state index is 11.3. The van der Waals surface area contributed by atoms with Gasteiger partial charge in [-0.3, -0.25) is 14.4 Å². The largest absolute Gasteiger partial charge is 0.379 e. The molecule has 1 aliphatic rings. The lowest BCUT2D eigenvalue weighted by atomic mass is 9.92. The van der Waals surface area contributed by atoms with Gasteiger partial charge in [-0.15, -0.1) is 0 Å². The summed E-state index contributed by atoms with van der Waals surface area (Å²) in [7, 11) is 0. The molecule has 1 amide bonds. The predicted molar refractivity (Wildman–Crippen MR) is 71.3 cm³/mol. The van der Waals surface area contributed by atoms with E-state index in [2.05, 4.69) is 18.9 Å². The Balaban J connectivity index is 2.00. The molecule has 0 aliphatic carbocycles. The zero-order chi connectivity index (χ0) is 14.0. The van der Waals surface area contributed by atoms with E-state index in [1.807, 2.05) is 21.8 Å². The monoisotopic (exact) mass is 266 g/mol. The van der Waals surface area contributed by atoms with Gasteiger partial charge >= 0.3 is 0 Å². The molecule has 1 atom stereocenters. The fraction of sp³-hybridized carbons (Fsp3) is 0.692. The molecule has 1 aliphatic heterocycles. The van der Waals surface area contributed by atoms with Gasteiger partial charge in [0.15, 0.2) is 5.60 Å². The summed E-state index contributed by atoms with van der Waals surface area (Å²) in [5, 5.41) is 14.6. The van der Waals surface area contributed by atoms with E-state index >= 15 is 0 Å². The number of β-amino-alcohol motifs (C(OH)–C–C–N with tert-alkyl or cyclic N) is 1. The Bertz CT molecular complexity index is 457. The van der Waals surface area contributed by atoms with Crippen molar-refractivity contribution in [2.24, 2.45) is 5.73 Å². The van der Waals surface area contributed by atoms with Crippen LogP contribution < -0.4 is 5.73 Å². The van der Waals surface area contributed by atoms with Gasteiger partial charge in [-0.1, -0.05) is 0 Å². The number of amides is 1. The van der Waals surface area contributed by atoms with Crippen molar-refractivity contribution in [3.63, 3.8) is 0 Å². The molecule has 1 unspecified atom stereocenters. The molecule has 1 aromatic heterocycles. The summed E-state index contributed by atoms with van der Waals surface area (Å²) < 4.78 is 1.90. The molecule has 19 heavy (non-hydrogen) atoms. The molecule has 2 heterocycles. The molecule has 3 N–H and O–H groups in total. The number of hydrogen-bond acceptors (Lipinski definition) is 4. The summed E-state index contributed by atoms with van der Waals surface area (Å²) in [6.07, 6.45) is 3.16. The van der Waals surface area contributed by atoms with Gasteiger partial charge in [0.1, 0.15) is 0 Å². The van der Waals surface area contributed by atoms with Crippen molar-refractivity contribution in [1.29, 1.82) is 0 Å². The highest BCUT2D eigenvalue weighted by molar-refractivity contribution is 5.83. The highest BCUT2D eigenvalue weighted by Crippen LogP contribution is 2.22. The first kappa shape index (κ1) is 14.0. The van der Waals surface area contributed by atoms with Gasteiger partial charge in [0.05, 0.1) is 5.69 Å². The van der Waals surface area contributed by atoms with Gasteiger partial charge in [0.2, 0.25) is 0 Å². The normalized spacial score (nSPS) is 24.8. The van der Waals surface area contributed by atoms with Crippen LogP contribution in [0.5, 0.6) is 0 Å². The first-order valence-corrected chi connectivity index (χ1v) is 6.69. The van der Waals surface area contributed by atoms with Crippen molar-refractivity contribution in [2.45, 2.75) is 44.9 Å². The summed E-state index contributed by atoms with van der Waals surface area (Å²) in [5.74, 6) is -0.634. The molecule has 1 fully saturated rings. The van der Waals surface area contributed by atoms with E-state index < -0.39 is 11.5 Å². The number of carbonyl (C=O) groups excluding carboxylic acids is 1. The van der Waals surface area contributed by atoms with Crippen LogP contribution >= 0.6 is 0 Å². The second-order valence-corrected chi connectivity index (χ2v) is 5.59. The van der Waals surface area contributed by atoms with Crippen LogP contribution in [0.2, 0.25) is 0 Å². The number of carbonyl (C=O) groups is 1. The average Bonchev–Trinajstić information content (AvgIpc) is 2.77. The Morgan fingerprint density at radius 1 is 1.63 bits per heavy atom. The number of aliphatic hydroxyl groups is 1. The fourth-order valence-corrected chi connectivity index (χ4v) is 2.44. The fourth-order valence-electron chi connectivity index (χ4n) is 2.44. The van der Waals surface area contributed by atoms with Gasteiger partial charge in [-0.2, -0.15) is 5.10 Å². The Kier molecular flexibility index (Phi) is 3.91. The Morgan fingerprint density at radius 2 is 2.37 bits per heavy atom. The Morgan fingerprint density at radius 3 is 2.95 bits per heavy atom. The third-order valence-electron chi connectivity index (χ3n) is 3.59. The minimum atomic E-state index is -1.39. The van der Waals surface area contributed by atoms with Crippen molar-refractivity contribution >= 4 is 5.91 Å². The number of primary amides is 1. The molecule has 0 aromatic carbocycles. The minimum Gasteiger partial charge on any atom is -0.379 e. The Labute approximate surface area is 113 Å². The number of likely N-dealkylation sites (tertiary alicyclic amines) is 1. The first-order chi connectivity index (χ1) is 8.90. The summed E-state index contributed by atoms with van der Waals surface area (Å²) in [6, 6.07) is 2.30. The lowest BCUT2D eigenvalue weighted by molar-refractivity contribution is -0.142. The molecular weight excluding hydrogens is 244 g/mol. The SMILES string of the molecule is CC(C)n1ccc(CN2CCCC(O)(C(N)=O)C2)n1. The maximum atomic E-state index is 11.3. The zero-order valence-electron chi connectivity index (χ0n) is 11.5. The first-order valence-electron chi connectivity index (χ1n) is 6.69. The van der Waals surface area contributed by atoms with E-state index in [4.69, 9.17) is 5.73 Å². The van der Waals surface area contributed by atoms with Gasteiger partial charge in [0.25, 0.3) is 5.91 Å². The minimum absolute atomic E-state index is 0.289. The average molecular weight is 266 g/mol. The van der Waals surface area contributed by atoms with Crippen molar-refractivity contribution in [3.05, 3.63) is 18.0 Å². The van der Waals surface area contributed by atoms with Crippen LogP contribution in [-0.2, 0) is 11.3 Å². The summed E-state index contributed by atoms with van der Waals surface area (Å²) in [5.41, 5.74) is 4.82. The van der Waals surface area contributed by atoms with Crippen LogP contribution in [0.3, 0.4) is 0 Å². The van der Waals surface area contributed by atoms with E-state index in [0.29, 0.717) is 19.0 Å². The maximum Gasteiger partial charge on any atom is 0.250 e. The van der Waals surface area contributed by atoms with Gasteiger partial charge in [-0.05, 0) is 39.3 Å². The smallest absolute Gasteiger partial charge is 0.250 e. The van der Waals surface area contributed by atoms with Crippen LogP contribution in [0.4, 0.5) is 0 Å². The summed E-state index contributed by atoms with van der Waals surface area (Å²) in [4.78, 5) is 13.3. The molecule has 0 radical (unpaired) electrons. The summed E-state index contributed by atoms with van der Waals surface area (Å²) >= 11 is 0. The number of aromatic nitrogens is 2. The number of rotatable bonds is 4. The van der Waals surface area contributed by atoms with E-state index in [9.17, 15) is 9.90 Å². The molecule has 6 nitrogen and oxygen atoms in total. The number of hydrogen-bond donors (Lipinski definition) is 2. The van der Waals surface area contributed by atoms with Crippen molar-refractivity contribution in [1.82, 2.24) is 14.7 Å². The lowest BCUT2D eigenvalue weighted by Gasteiger charge is -2.36. The van der Waals surface area contributed by atoms with Crippen LogP contribution in [0, 0.1) is 0 Å². The quantitative estimate of drug-likeness (QED) is 0.819. The van der Waals surface area contributed by atoms with Crippen molar-refractivity contribution in [3.8, 4) is 0 Å². The van der Waals surface area contributed by atoms with Crippen LogP contribution in [0.1, 0.15) is 38.4 Å². The second-order valence-electron chi connectivity index (χ2n) is 5.59. The molecule has 6 heteroatoms. The van der Waals surface area contributed by atoms with E-state index in [0.717, 1.165) is 18.7 Å². The third-order valence-corrected chi connectivity index (χ3v) is 3.59. The van der Waals surface area contributed by atoms with Gasteiger partial charge in [-0.25, -0.2) is 0 Å².